The molecule has 2 N–H and O–H groups in total. The van der Waals surface area contributed by atoms with Gasteiger partial charge in [0.2, 0.25) is 11.8 Å². The molecule has 1 aliphatic carbocycles. The minimum absolute atomic E-state index is 0.0688. The number of benzene rings is 1. The zero-order valence-electron chi connectivity index (χ0n) is 12.3. The molecule has 0 bridgehead atoms. The number of carbonyl (C=O) groups is 2. The Morgan fingerprint density at radius 1 is 1.14 bits per heavy atom. The highest BCUT2D eigenvalue weighted by Gasteiger charge is 2.17. The minimum Gasteiger partial charge on any atom is -0.353 e. The Kier molecular flexibility index (Phi) is 6.19. The fraction of sp³-hybridized carbons (Fsp3) is 0.500. The van der Waals surface area contributed by atoms with Gasteiger partial charge < -0.3 is 10.6 Å². The molecule has 2 rings (SSSR count). The normalized spacial score (nSPS) is 15.9. The Morgan fingerprint density at radius 2 is 1.82 bits per heavy atom. The lowest BCUT2D eigenvalue weighted by molar-refractivity contribution is -0.127. The van der Waals surface area contributed by atoms with Gasteiger partial charge >= 0.3 is 0 Å². The fourth-order valence-corrected chi connectivity index (χ4v) is 2.81. The Hall–Kier alpha value is -1.62. The van der Waals surface area contributed by atoms with Gasteiger partial charge in [0.05, 0.1) is 5.02 Å². The van der Waals surface area contributed by atoms with E-state index in [-0.39, 0.29) is 23.4 Å². The number of halogens is 2. The second kappa shape index (κ2) is 8.13. The molecule has 0 aromatic heterocycles. The van der Waals surface area contributed by atoms with E-state index in [0.29, 0.717) is 5.69 Å². The summed E-state index contributed by atoms with van der Waals surface area (Å²) in [7, 11) is 0. The van der Waals surface area contributed by atoms with E-state index >= 15 is 0 Å². The molecule has 0 saturated heterocycles. The second-order valence-corrected chi connectivity index (χ2v) is 6.02. The molecule has 4 nitrogen and oxygen atoms in total. The molecule has 1 saturated carbocycles. The molecule has 1 aliphatic rings. The summed E-state index contributed by atoms with van der Waals surface area (Å²) < 4.78 is 13.0. The molecule has 0 radical (unpaired) electrons. The molecule has 1 aromatic rings. The number of rotatable bonds is 4. The van der Waals surface area contributed by atoms with Gasteiger partial charge in [-0.2, -0.15) is 0 Å². The monoisotopic (exact) mass is 326 g/mol. The van der Waals surface area contributed by atoms with Gasteiger partial charge in [-0.3, -0.25) is 9.59 Å². The van der Waals surface area contributed by atoms with Crippen LogP contribution in [0.15, 0.2) is 18.2 Å². The van der Waals surface area contributed by atoms with Crippen LogP contribution >= 0.6 is 11.6 Å². The molecular formula is C16H20ClFN2O2. The van der Waals surface area contributed by atoms with Crippen LogP contribution in [-0.2, 0) is 9.59 Å². The maximum atomic E-state index is 13.0. The molecule has 0 unspecified atom stereocenters. The summed E-state index contributed by atoms with van der Waals surface area (Å²) in [5.41, 5.74) is 0.374. The van der Waals surface area contributed by atoms with Gasteiger partial charge in [0.15, 0.2) is 0 Å². The fourth-order valence-electron chi connectivity index (χ4n) is 2.63. The first-order valence-corrected chi connectivity index (χ1v) is 7.96. The van der Waals surface area contributed by atoms with Gasteiger partial charge in [-0.25, -0.2) is 4.39 Å². The smallest absolute Gasteiger partial charge is 0.233 e. The largest absolute Gasteiger partial charge is 0.353 e. The van der Waals surface area contributed by atoms with E-state index in [0.717, 1.165) is 25.7 Å². The topological polar surface area (TPSA) is 58.2 Å². The maximum absolute atomic E-state index is 13.0. The van der Waals surface area contributed by atoms with Crippen molar-refractivity contribution < 1.29 is 14.0 Å². The number of hydrogen-bond acceptors (Lipinski definition) is 2. The number of hydrogen-bond donors (Lipinski definition) is 2. The quantitative estimate of drug-likeness (QED) is 0.655. The van der Waals surface area contributed by atoms with Crippen LogP contribution in [0.1, 0.15) is 44.9 Å². The summed E-state index contributed by atoms with van der Waals surface area (Å²) in [4.78, 5) is 23.7. The van der Waals surface area contributed by atoms with Gasteiger partial charge in [-0.05, 0) is 31.0 Å². The van der Waals surface area contributed by atoms with Gasteiger partial charge in [0.25, 0.3) is 0 Å². The Morgan fingerprint density at radius 3 is 2.45 bits per heavy atom. The van der Waals surface area contributed by atoms with Gasteiger partial charge in [-0.15, -0.1) is 0 Å². The molecule has 2 amide bonds. The first-order chi connectivity index (χ1) is 10.5. The van der Waals surface area contributed by atoms with Crippen LogP contribution in [-0.4, -0.2) is 17.9 Å². The average Bonchev–Trinajstić information content (AvgIpc) is 2.71. The molecule has 120 valence electrons. The van der Waals surface area contributed by atoms with Crippen LogP contribution in [0.4, 0.5) is 10.1 Å². The first-order valence-electron chi connectivity index (χ1n) is 7.59. The van der Waals surface area contributed by atoms with Crippen molar-refractivity contribution in [2.45, 2.75) is 51.0 Å². The number of carbonyl (C=O) groups excluding carboxylic acids is 2. The molecule has 0 aliphatic heterocycles. The Labute approximate surface area is 134 Å². The van der Waals surface area contributed by atoms with Crippen molar-refractivity contribution in [2.24, 2.45) is 0 Å². The summed E-state index contributed by atoms with van der Waals surface area (Å²) >= 11 is 5.64. The van der Waals surface area contributed by atoms with Crippen LogP contribution < -0.4 is 10.6 Å². The summed E-state index contributed by atoms with van der Waals surface area (Å²) in [6, 6.07) is 4.06. The second-order valence-electron chi connectivity index (χ2n) is 5.61. The summed E-state index contributed by atoms with van der Waals surface area (Å²) in [6.45, 7) is 0. The highest BCUT2D eigenvalue weighted by atomic mass is 35.5. The van der Waals surface area contributed by atoms with E-state index in [2.05, 4.69) is 10.6 Å². The lowest BCUT2D eigenvalue weighted by atomic mass is 10.1. The van der Waals surface area contributed by atoms with Crippen molar-refractivity contribution in [2.75, 3.05) is 5.32 Å². The van der Waals surface area contributed by atoms with Gasteiger partial charge in [-0.1, -0.05) is 37.3 Å². The van der Waals surface area contributed by atoms with Crippen molar-refractivity contribution in [3.63, 3.8) is 0 Å². The Balaban J connectivity index is 1.80. The highest BCUT2D eigenvalue weighted by Crippen LogP contribution is 2.20. The van der Waals surface area contributed by atoms with Crippen LogP contribution in [0.3, 0.4) is 0 Å². The predicted molar refractivity (Wildman–Crippen MR) is 84.3 cm³/mol. The molecule has 0 heterocycles. The summed E-state index contributed by atoms with van der Waals surface area (Å²) in [6.07, 6.45) is 6.35. The highest BCUT2D eigenvalue weighted by molar-refractivity contribution is 6.31. The molecule has 22 heavy (non-hydrogen) atoms. The Bertz CT molecular complexity index is 543. The van der Waals surface area contributed by atoms with Gasteiger partial charge in [0.1, 0.15) is 12.2 Å². The zero-order chi connectivity index (χ0) is 15.9. The number of amides is 2. The third kappa shape index (κ3) is 5.30. The van der Waals surface area contributed by atoms with Crippen molar-refractivity contribution in [3.8, 4) is 0 Å². The van der Waals surface area contributed by atoms with Crippen molar-refractivity contribution in [1.82, 2.24) is 5.32 Å². The summed E-state index contributed by atoms with van der Waals surface area (Å²) in [5, 5.41) is 5.38. The third-order valence-corrected chi connectivity index (χ3v) is 4.03. The lowest BCUT2D eigenvalue weighted by Crippen LogP contribution is -2.36. The van der Waals surface area contributed by atoms with E-state index in [1.165, 1.54) is 31.0 Å². The SMILES string of the molecule is O=C(CC(=O)NC1CCCCCC1)Nc1ccc(F)c(Cl)c1. The van der Waals surface area contributed by atoms with Crippen molar-refractivity contribution in [1.29, 1.82) is 0 Å². The number of nitrogens with one attached hydrogen (secondary N) is 2. The minimum atomic E-state index is -0.550. The van der Waals surface area contributed by atoms with Crippen LogP contribution in [0.5, 0.6) is 0 Å². The standard InChI is InChI=1S/C16H20ClFN2O2/c17-13-9-12(7-8-14(13)18)20-16(22)10-15(21)19-11-5-3-1-2-4-6-11/h7-9,11H,1-6,10H2,(H,19,21)(H,20,22). The van der Waals surface area contributed by atoms with Crippen LogP contribution in [0, 0.1) is 5.82 Å². The van der Waals surface area contributed by atoms with Crippen LogP contribution in [0.2, 0.25) is 5.02 Å². The van der Waals surface area contributed by atoms with Crippen LogP contribution in [0.25, 0.3) is 0 Å². The van der Waals surface area contributed by atoms with Crippen molar-refractivity contribution in [3.05, 3.63) is 29.0 Å². The van der Waals surface area contributed by atoms with E-state index < -0.39 is 11.7 Å². The molecule has 0 atom stereocenters. The van der Waals surface area contributed by atoms with E-state index in [1.807, 2.05) is 0 Å². The molecular weight excluding hydrogens is 307 g/mol. The predicted octanol–water partition coefficient (Wildman–Crippen LogP) is 3.65. The van der Waals surface area contributed by atoms with E-state index in [4.69, 9.17) is 11.6 Å². The third-order valence-electron chi connectivity index (χ3n) is 3.74. The molecule has 1 aromatic carbocycles. The first kappa shape index (κ1) is 16.7. The van der Waals surface area contributed by atoms with Gasteiger partial charge in [0, 0.05) is 11.7 Å². The molecule has 6 heteroatoms. The zero-order valence-corrected chi connectivity index (χ0v) is 13.1. The summed E-state index contributed by atoms with van der Waals surface area (Å²) in [5.74, 6) is -1.27. The molecule has 0 spiro atoms. The molecule has 1 fully saturated rings. The van der Waals surface area contributed by atoms with E-state index in [9.17, 15) is 14.0 Å². The average molecular weight is 327 g/mol. The van der Waals surface area contributed by atoms with E-state index in [1.54, 1.807) is 0 Å². The number of anilines is 1. The van der Waals surface area contributed by atoms with Crippen molar-refractivity contribution >= 4 is 29.1 Å². The maximum Gasteiger partial charge on any atom is 0.233 e. The lowest BCUT2D eigenvalue weighted by Gasteiger charge is -2.16.